The van der Waals surface area contributed by atoms with Gasteiger partial charge in [0.05, 0.1) is 21.3 Å². The number of carbonyl (C=O) groups is 2. The van der Waals surface area contributed by atoms with Crippen molar-refractivity contribution in [3.63, 3.8) is 0 Å². The molecule has 0 atom stereocenters. The molecule has 0 unspecified atom stereocenters. The molecule has 0 radical (unpaired) electrons. The predicted molar refractivity (Wildman–Crippen MR) is 134 cm³/mol. The molecule has 0 fully saturated rings. The number of ether oxygens (including phenoxy) is 1. The molecule has 2 aromatic carbocycles. The Balaban J connectivity index is 1.35. The summed E-state index contributed by atoms with van der Waals surface area (Å²) in [7, 11) is 0. The van der Waals surface area contributed by atoms with Crippen molar-refractivity contribution in [1.82, 2.24) is 14.9 Å². The fraction of sp³-hybridized carbons (Fsp3) is 0.308. The van der Waals surface area contributed by atoms with E-state index in [1.165, 1.54) is 11.3 Å². The van der Waals surface area contributed by atoms with Crippen molar-refractivity contribution < 1.29 is 14.3 Å². The molecular formula is C26H26N4O3S. The zero-order valence-electron chi connectivity index (χ0n) is 19.3. The molecule has 0 saturated heterocycles. The standard InChI is InChI=1S/C26H26N4O3S/c1-3-11-30-12-10-20-18(14-30)24(17-6-4-5-7-19(17)27-20)25(32)33-15-23(31)29-26-28-21-9-8-16(2)13-22(21)34-26/h4-9,13H,3,10-12,14-15H2,1-2H3,(H,28,29,31). The van der Waals surface area contributed by atoms with Crippen LogP contribution >= 0.6 is 11.3 Å². The number of hydrogen-bond donors (Lipinski definition) is 1. The van der Waals surface area contributed by atoms with Gasteiger partial charge >= 0.3 is 5.97 Å². The first-order valence-corrected chi connectivity index (χ1v) is 12.3. The highest BCUT2D eigenvalue weighted by atomic mass is 32.1. The average Bonchev–Trinajstić information content (AvgIpc) is 3.22. The fourth-order valence-corrected chi connectivity index (χ4v) is 5.41. The minimum Gasteiger partial charge on any atom is -0.452 e. The number of rotatable bonds is 6. The Labute approximate surface area is 201 Å². The summed E-state index contributed by atoms with van der Waals surface area (Å²) in [6.45, 7) is 6.32. The topological polar surface area (TPSA) is 84.4 Å². The number of benzene rings is 2. The van der Waals surface area contributed by atoms with Crippen molar-refractivity contribution in [2.75, 3.05) is 25.0 Å². The summed E-state index contributed by atoms with van der Waals surface area (Å²) < 4.78 is 6.50. The lowest BCUT2D eigenvalue weighted by molar-refractivity contribution is -0.119. The molecule has 8 heteroatoms. The highest BCUT2D eigenvalue weighted by Gasteiger charge is 2.26. The summed E-state index contributed by atoms with van der Waals surface area (Å²) in [6, 6.07) is 13.5. The molecule has 3 heterocycles. The Morgan fingerprint density at radius 1 is 1.15 bits per heavy atom. The minimum absolute atomic E-state index is 0.377. The average molecular weight is 475 g/mol. The number of nitrogens with zero attached hydrogens (tertiary/aromatic N) is 3. The molecule has 4 aromatic rings. The quantitative estimate of drug-likeness (QED) is 0.407. The summed E-state index contributed by atoms with van der Waals surface area (Å²) in [5, 5.41) is 4.00. The molecule has 0 spiro atoms. The van der Waals surface area contributed by atoms with E-state index in [0.29, 0.717) is 17.2 Å². The molecule has 0 bridgehead atoms. The second-order valence-corrected chi connectivity index (χ2v) is 9.60. The van der Waals surface area contributed by atoms with Crippen molar-refractivity contribution in [1.29, 1.82) is 0 Å². The zero-order chi connectivity index (χ0) is 23.7. The molecule has 34 heavy (non-hydrogen) atoms. The number of aromatic nitrogens is 2. The maximum atomic E-state index is 13.3. The van der Waals surface area contributed by atoms with E-state index in [1.54, 1.807) is 0 Å². The van der Waals surface area contributed by atoms with Gasteiger partial charge in [0.15, 0.2) is 11.7 Å². The molecule has 7 nitrogen and oxygen atoms in total. The van der Waals surface area contributed by atoms with Gasteiger partial charge in [-0.2, -0.15) is 0 Å². The second kappa shape index (κ2) is 9.48. The van der Waals surface area contributed by atoms with E-state index < -0.39 is 11.9 Å². The van der Waals surface area contributed by atoms with E-state index in [4.69, 9.17) is 9.72 Å². The van der Waals surface area contributed by atoms with Crippen LogP contribution in [0.1, 0.15) is 40.5 Å². The van der Waals surface area contributed by atoms with E-state index in [1.807, 2.05) is 49.4 Å². The first-order valence-electron chi connectivity index (χ1n) is 11.5. The predicted octanol–water partition coefficient (Wildman–Crippen LogP) is 4.72. The van der Waals surface area contributed by atoms with Gasteiger partial charge < -0.3 is 4.74 Å². The molecule has 0 saturated carbocycles. The van der Waals surface area contributed by atoms with Crippen molar-refractivity contribution in [2.45, 2.75) is 33.2 Å². The second-order valence-electron chi connectivity index (χ2n) is 8.57. The summed E-state index contributed by atoms with van der Waals surface area (Å²) >= 11 is 1.40. The van der Waals surface area contributed by atoms with Gasteiger partial charge in [0.2, 0.25) is 0 Å². The highest BCUT2D eigenvalue weighted by molar-refractivity contribution is 7.22. The maximum absolute atomic E-state index is 13.3. The van der Waals surface area contributed by atoms with Gasteiger partial charge in [-0.25, -0.2) is 9.78 Å². The van der Waals surface area contributed by atoms with Crippen molar-refractivity contribution in [3.05, 3.63) is 64.8 Å². The Kier molecular flexibility index (Phi) is 6.26. The number of carbonyl (C=O) groups excluding carboxylic acids is 2. The third kappa shape index (κ3) is 4.51. The number of fused-ring (bicyclic) bond motifs is 3. The fourth-order valence-electron chi connectivity index (χ4n) is 4.43. The summed E-state index contributed by atoms with van der Waals surface area (Å²) in [4.78, 5) is 37.4. The molecular weight excluding hydrogens is 448 g/mol. The van der Waals surface area contributed by atoms with E-state index in [9.17, 15) is 9.59 Å². The van der Waals surface area contributed by atoms with Gasteiger partial charge in [0, 0.05) is 36.2 Å². The van der Waals surface area contributed by atoms with Gasteiger partial charge in [-0.1, -0.05) is 42.5 Å². The summed E-state index contributed by atoms with van der Waals surface area (Å²) in [6.07, 6.45) is 1.83. The number of hydrogen-bond acceptors (Lipinski definition) is 7. The number of esters is 1. The number of para-hydroxylation sites is 1. The van der Waals surface area contributed by atoms with Gasteiger partial charge in [0.25, 0.3) is 5.91 Å². The SMILES string of the molecule is CCCN1CCc2nc3ccccc3c(C(=O)OCC(=O)Nc3nc4ccc(C)cc4s3)c2C1. The van der Waals surface area contributed by atoms with Gasteiger partial charge in [0.1, 0.15) is 0 Å². The van der Waals surface area contributed by atoms with E-state index in [-0.39, 0.29) is 6.61 Å². The number of anilines is 1. The first-order chi connectivity index (χ1) is 16.5. The monoisotopic (exact) mass is 474 g/mol. The third-order valence-electron chi connectivity index (χ3n) is 5.99. The Morgan fingerprint density at radius 2 is 2.00 bits per heavy atom. The summed E-state index contributed by atoms with van der Waals surface area (Å²) in [5.41, 5.74) is 5.09. The van der Waals surface area contributed by atoms with Crippen molar-refractivity contribution in [2.24, 2.45) is 0 Å². The molecule has 0 aliphatic carbocycles. The number of thiazole rings is 1. The normalized spacial score (nSPS) is 13.7. The largest absolute Gasteiger partial charge is 0.452 e. The van der Waals surface area contributed by atoms with Crippen LogP contribution in [0.2, 0.25) is 0 Å². The molecule has 1 aliphatic rings. The minimum atomic E-state index is -0.497. The number of nitrogens with one attached hydrogen (secondary N) is 1. The van der Waals surface area contributed by atoms with Crippen LogP contribution in [-0.2, 0) is 22.5 Å². The first kappa shape index (κ1) is 22.4. The van der Waals surface area contributed by atoms with E-state index in [2.05, 4.69) is 22.1 Å². The zero-order valence-corrected chi connectivity index (χ0v) is 20.1. The Morgan fingerprint density at radius 3 is 2.85 bits per heavy atom. The number of amides is 1. The van der Waals surface area contributed by atoms with Crippen LogP contribution in [0.5, 0.6) is 0 Å². The number of pyridine rings is 1. The lowest BCUT2D eigenvalue weighted by Gasteiger charge is -2.29. The maximum Gasteiger partial charge on any atom is 0.339 e. The van der Waals surface area contributed by atoms with Crippen LogP contribution in [0.15, 0.2) is 42.5 Å². The Bertz CT molecular complexity index is 1400. The third-order valence-corrected chi connectivity index (χ3v) is 6.93. The molecule has 1 N–H and O–H groups in total. The van der Waals surface area contributed by atoms with E-state index in [0.717, 1.165) is 63.9 Å². The van der Waals surface area contributed by atoms with Crippen molar-refractivity contribution in [3.8, 4) is 0 Å². The lowest BCUT2D eigenvalue weighted by atomic mass is 9.95. The lowest BCUT2D eigenvalue weighted by Crippen LogP contribution is -2.33. The highest BCUT2D eigenvalue weighted by Crippen LogP contribution is 2.29. The summed E-state index contributed by atoms with van der Waals surface area (Å²) in [5.74, 6) is -0.910. The van der Waals surface area contributed by atoms with Crippen LogP contribution in [0, 0.1) is 6.92 Å². The molecule has 174 valence electrons. The van der Waals surface area contributed by atoms with Gasteiger partial charge in [-0.05, 0) is 43.7 Å². The van der Waals surface area contributed by atoms with Crippen LogP contribution in [0.3, 0.4) is 0 Å². The molecule has 1 aliphatic heterocycles. The molecule has 2 aromatic heterocycles. The van der Waals surface area contributed by atoms with Crippen LogP contribution in [0.25, 0.3) is 21.1 Å². The van der Waals surface area contributed by atoms with E-state index >= 15 is 0 Å². The van der Waals surface area contributed by atoms with Crippen LogP contribution < -0.4 is 5.32 Å². The smallest absolute Gasteiger partial charge is 0.339 e. The van der Waals surface area contributed by atoms with Gasteiger partial charge in [-0.15, -0.1) is 0 Å². The number of aryl methyl sites for hydroxylation is 1. The van der Waals surface area contributed by atoms with Crippen LogP contribution in [0.4, 0.5) is 5.13 Å². The van der Waals surface area contributed by atoms with Crippen molar-refractivity contribution >= 4 is 49.5 Å². The van der Waals surface area contributed by atoms with Crippen LogP contribution in [-0.4, -0.2) is 46.4 Å². The van der Waals surface area contributed by atoms with Gasteiger partial charge in [-0.3, -0.25) is 20.0 Å². The molecule has 5 rings (SSSR count). The molecule has 1 amide bonds. The Hall–Kier alpha value is -3.36.